The van der Waals surface area contributed by atoms with Gasteiger partial charge in [0.25, 0.3) is 0 Å². The summed E-state index contributed by atoms with van der Waals surface area (Å²) in [6, 6.07) is 1.33. The minimum absolute atomic E-state index is 0.161. The van der Waals surface area contributed by atoms with Gasteiger partial charge in [0.1, 0.15) is 5.75 Å². The Morgan fingerprint density at radius 2 is 1.74 bits per heavy atom. The minimum Gasteiger partial charge on any atom is -0.488 e. The third-order valence-electron chi connectivity index (χ3n) is 4.49. The maximum Gasteiger partial charge on any atom is 0.496 e. The number of hydrogen-bond donors (Lipinski definition) is 0. The summed E-state index contributed by atoms with van der Waals surface area (Å²) in [5.74, 6) is -0.257. The average molecular weight is 329 g/mol. The lowest BCUT2D eigenvalue weighted by atomic mass is 9.80. The highest BCUT2D eigenvalue weighted by molar-refractivity contribution is 6.62. The Bertz CT molecular complexity index is 598. The molecule has 0 N–H and O–H groups in total. The average Bonchev–Trinajstić information content (AvgIpc) is 3.15. The van der Waals surface area contributed by atoms with Crippen LogP contribution in [-0.4, -0.2) is 29.4 Å². The van der Waals surface area contributed by atoms with E-state index in [4.69, 9.17) is 14.0 Å². The summed E-state index contributed by atoms with van der Waals surface area (Å²) in [4.78, 5) is 3.56. The van der Waals surface area contributed by atoms with Crippen molar-refractivity contribution in [1.82, 2.24) is 4.98 Å². The van der Waals surface area contributed by atoms with Crippen LogP contribution in [-0.2, 0) is 15.5 Å². The Labute approximate surface area is 133 Å². The molecule has 1 aliphatic carbocycles. The summed E-state index contributed by atoms with van der Waals surface area (Å²) >= 11 is 0. The van der Waals surface area contributed by atoms with Gasteiger partial charge < -0.3 is 14.0 Å². The monoisotopic (exact) mass is 329 g/mol. The lowest BCUT2D eigenvalue weighted by Crippen LogP contribution is -2.41. The third-order valence-corrected chi connectivity index (χ3v) is 4.49. The van der Waals surface area contributed by atoms with Crippen LogP contribution in [0.3, 0.4) is 0 Å². The second-order valence-electron chi connectivity index (χ2n) is 7.02. The zero-order valence-electron chi connectivity index (χ0n) is 13.5. The fourth-order valence-electron chi connectivity index (χ4n) is 2.24. The molecule has 2 aliphatic rings. The number of aromatic nitrogens is 1. The van der Waals surface area contributed by atoms with E-state index in [0.717, 1.165) is 19.0 Å². The zero-order chi connectivity index (χ0) is 17.0. The van der Waals surface area contributed by atoms with Crippen LogP contribution in [0.4, 0.5) is 13.2 Å². The lowest BCUT2D eigenvalue weighted by molar-refractivity contribution is -0.142. The molecule has 8 heteroatoms. The molecule has 1 aliphatic heterocycles. The molecular formula is C15H19BF3NO3. The van der Waals surface area contributed by atoms with Crippen LogP contribution in [0.5, 0.6) is 5.75 Å². The predicted molar refractivity (Wildman–Crippen MR) is 78.6 cm³/mol. The van der Waals surface area contributed by atoms with E-state index in [9.17, 15) is 13.2 Å². The molecule has 0 spiro atoms. The van der Waals surface area contributed by atoms with Crippen molar-refractivity contribution in [2.45, 2.75) is 64.0 Å². The van der Waals surface area contributed by atoms with Crippen LogP contribution >= 0.6 is 0 Å². The number of alkyl halides is 3. The van der Waals surface area contributed by atoms with Crippen molar-refractivity contribution >= 4 is 12.6 Å². The third kappa shape index (κ3) is 3.19. The molecule has 1 saturated carbocycles. The normalized spacial score (nSPS) is 23.2. The highest BCUT2D eigenvalue weighted by Gasteiger charge is 2.52. The van der Waals surface area contributed by atoms with E-state index in [-0.39, 0.29) is 11.9 Å². The fraction of sp³-hybridized carbons (Fsp3) is 0.667. The van der Waals surface area contributed by atoms with Crippen molar-refractivity contribution in [3.63, 3.8) is 0 Å². The van der Waals surface area contributed by atoms with E-state index < -0.39 is 30.2 Å². The molecule has 0 amide bonds. The maximum absolute atomic E-state index is 13.1. The van der Waals surface area contributed by atoms with E-state index in [0.29, 0.717) is 5.46 Å². The quantitative estimate of drug-likeness (QED) is 0.800. The van der Waals surface area contributed by atoms with Crippen LogP contribution in [0.2, 0.25) is 0 Å². The van der Waals surface area contributed by atoms with Gasteiger partial charge in [0, 0.05) is 11.7 Å². The van der Waals surface area contributed by atoms with Gasteiger partial charge in [-0.05, 0) is 46.6 Å². The molecule has 2 fully saturated rings. The summed E-state index contributed by atoms with van der Waals surface area (Å²) in [7, 11) is -0.767. The molecule has 1 aromatic heterocycles. The number of ether oxygens (including phenoxy) is 1. The Morgan fingerprint density at radius 3 is 2.22 bits per heavy atom. The molecule has 23 heavy (non-hydrogen) atoms. The van der Waals surface area contributed by atoms with Crippen LogP contribution in [0, 0.1) is 0 Å². The first-order valence-electron chi connectivity index (χ1n) is 7.59. The van der Waals surface area contributed by atoms with Gasteiger partial charge in [0.2, 0.25) is 0 Å². The largest absolute Gasteiger partial charge is 0.496 e. The lowest BCUT2D eigenvalue weighted by Gasteiger charge is -2.32. The molecule has 1 saturated heterocycles. The summed E-state index contributed by atoms with van der Waals surface area (Å²) < 4.78 is 56.3. The molecule has 0 aromatic carbocycles. The molecule has 4 nitrogen and oxygen atoms in total. The van der Waals surface area contributed by atoms with Gasteiger partial charge in [0.15, 0.2) is 5.69 Å². The van der Waals surface area contributed by atoms with Gasteiger partial charge >= 0.3 is 13.3 Å². The number of halogens is 3. The van der Waals surface area contributed by atoms with Crippen molar-refractivity contribution in [3.05, 3.63) is 18.0 Å². The molecular weight excluding hydrogens is 310 g/mol. The zero-order valence-corrected chi connectivity index (χ0v) is 13.5. The van der Waals surface area contributed by atoms with Gasteiger partial charge in [-0.25, -0.2) is 4.98 Å². The van der Waals surface area contributed by atoms with Crippen molar-refractivity contribution < 1.29 is 27.2 Å². The van der Waals surface area contributed by atoms with Gasteiger partial charge in [-0.2, -0.15) is 13.2 Å². The molecule has 0 unspecified atom stereocenters. The number of hydrogen-bond acceptors (Lipinski definition) is 4. The molecule has 3 rings (SSSR count). The van der Waals surface area contributed by atoms with Crippen molar-refractivity contribution in [1.29, 1.82) is 0 Å². The first-order chi connectivity index (χ1) is 10.5. The summed E-state index contributed by atoms with van der Waals surface area (Å²) in [5, 5.41) is 0. The van der Waals surface area contributed by atoms with E-state index in [1.165, 1.54) is 6.07 Å². The van der Waals surface area contributed by atoms with Crippen molar-refractivity contribution in [2.75, 3.05) is 0 Å². The summed E-state index contributed by atoms with van der Waals surface area (Å²) in [6.07, 6.45) is -2.05. The first kappa shape index (κ1) is 16.6. The van der Waals surface area contributed by atoms with E-state index in [2.05, 4.69) is 4.98 Å². The molecule has 126 valence electrons. The number of nitrogens with zero attached hydrogens (tertiary/aromatic N) is 1. The first-order valence-corrected chi connectivity index (χ1v) is 7.59. The minimum atomic E-state index is -4.56. The number of pyridine rings is 1. The fourth-order valence-corrected chi connectivity index (χ4v) is 2.24. The Balaban J connectivity index is 1.92. The van der Waals surface area contributed by atoms with Crippen molar-refractivity contribution in [3.8, 4) is 5.75 Å². The molecule has 0 atom stereocenters. The predicted octanol–water partition coefficient (Wildman–Crippen LogP) is 2.94. The molecule has 0 bridgehead atoms. The van der Waals surface area contributed by atoms with E-state index in [1.54, 1.807) is 0 Å². The van der Waals surface area contributed by atoms with Crippen LogP contribution in [0.15, 0.2) is 12.3 Å². The van der Waals surface area contributed by atoms with Gasteiger partial charge in [-0.3, -0.25) is 0 Å². The SMILES string of the molecule is CC1(C)OB(c2cnc(C(F)(F)F)c(OC3CC3)c2)OC1(C)C. The Morgan fingerprint density at radius 1 is 1.17 bits per heavy atom. The maximum atomic E-state index is 13.1. The van der Waals surface area contributed by atoms with Crippen LogP contribution in [0.25, 0.3) is 0 Å². The summed E-state index contributed by atoms with van der Waals surface area (Å²) in [6.45, 7) is 7.52. The van der Waals surface area contributed by atoms with Crippen LogP contribution in [0.1, 0.15) is 46.2 Å². The Hall–Kier alpha value is -1.28. The topological polar surface area (TPSA) is 40.6 Å². The highest BCUT2D eigenvalue weighted by atomic mass is 19.4. The standard InChI is InChI=1S/C15H19BF3NO3/c1-13(2)14(3,4)23-16(22-13)9-7-11(21-10-5-6-10)12(20-8-9)15(17,18)19/h7-8,10H,5-6H2,1-4H3. The van der Waals surface area contributed by atoms with Crippen LogP contribution < -0.4 is 10.2 Å². The second kappa shape index (κ2) is 5.11. The van der Waals surface area contributed by atoms with E-state index in [1.807, 2.05) is 27.7 Å². The van der Waals surface area contributed by atoms with Gasteiger partial charge in [0.05, 0.1) is 17.3 Å². The van der Waals surface area contributed by atoms with E-state index >= 15 is 0 Å². The van der Waals surface area contributed by atoms with Crippen molar-refractivity contribution in [2.24, 2.45) is 0 Å². The van der Waals surface area contributed by atoms with Gasteiger partial charge in [-0.15, -0.1) is 0 Å². The number of rotatable bonds is 3. The summed E-state index contributed by atoms with van der Waals surface area (Å²) in [5.41, 5.74) is -1.73. The van der Waals surface area contributed by atoms with Gasteiger partial charge in [-0.1, -0.05) is 0 Å². The second-order valence-corrected chi connectivity index (χ2v) is 7.02. The highest BCUT2D eigenvalue weighted by Crippen LogP contribution is 2.39. The molecule has 0 radical (unpaired) electrons. The molecule has 1 aromatic rings. The molecule has 2 heterocycles. The Kier molecular flexibility index (Phi) is 3.68. The smallest absolute Gasteiger partial charge is 0.488 e.